The van der Waals surface area contributed by atoms with Gasteiger partial charge in [0.05, 0.1) is 11.8 Å². The normalized spacial score (nSPS) is 12.1. The Labute approximate surface area is 179 Å². The van der Waals surface area contributed by atoms with Gasteiger partial charge in [-0.2, -0.15) is 0 Å². The van der Waals surface area contributed by atoms with E-state index in [-0.39, 0.29) is 17.7 Å². The summed E-state index contributed by atoms with van der Waals surface area (Å²) in [6.45, 7) is 4.00. The van der Waals surface area contributed by atoms with Crippen molar-refractivity contribution in [2.24, 2.45) is 0 Å². The Balaban J connectivity index is 1.38. The van der Waals surface area contributed by atoms with Gasteiger partial charge < -0.3 is 11.2 Å². The van der Waals surface area contributed by atoms with Crippen LogP contribution in [0.25, 0.3) is 22.2 Å². The van der Waals surface area contributed by atoms with Gasteiger partial charge in [0.1, 0.15) is 0 Å². The molecule has 4 rings (SSSR count). The second kappa shape index (κ2) is 8.59. The Kier molecular flexibility index (Phi) is 5.72. The minimum absolute atomic E-state index is 0.0828. The number of aryl methyl sites for hydroxylation is 1. The van der Waals surface area contributed by atoms with Crippen molar-refractivity contribution >= 4 is 28.4 Å². The van der Waals surface area contributed by atoms with Crippen LogP contribution in [0.4, 0.5) is 0 Å². The van der Waals surface area contributed by atoms with E-state index in [0.717, 1.165) is 22.1 Å². The standard InChI is InChI=1S/C23H23N5OS/c1-15-7-9-18(10-8-15)22-26-27-23(28(22)24)30-14-21(29)25-16(2)19-12-11-17-5-3-4-6-20(17)13-19/h3-13,16H,14,24H2,1-2H3,(H,25,29). The molecule has 0 fully saturated rings. The fourth-order valence-electron chi connectivity index (χ4n) is 3.25. The third kappa shape index (κ3) is 4.31. The maximum Gasteiger partial charge on any atom is 0.230 e. The van der Waals surface area contributed by atoms with Crippen molar-refractivity contribution < 1.29 is 4.79 Å². The Morgan fingerprint density at radius 3 is 2.57 bits per heavy atom. The van der Waals surface area contributed by atoms with Gasteiger partial charge in [0.2, 0.25) is 11.1 Å². The molecule has 3 aromatic carbocycles. The van der Waals surface area contributed by atoms with E-state index in [1.54, 1.807) is 0 Å². The summed E-state index contributed by atoms with van der Waals surface area (Å²) in [6, 6.07) is 22.2. The van der Waals surface area contributed by atoms with Gasteiger partial charge in [0.25, 0.3) is 0 Å². The van der Waals surface area contributed by atoms with Gasteiger partial charge in [0.15, 0.2) is 5.82 Å². The van der Waals surface area contributed by atoms with Crippen LogP contribution in [-0.4, -0.2) is 26.5 Å². The van der Waals surface area contributed by atoms with Crippen LogP contribution in [-0.2, 0) is 4.79 Å². The van der Waals surface area contributed by atoms with Gasteiger partial charge in [-0.15, -0.1) is 10.2 Å². The summed E-state index contributed by atoms with van der Waals surface area (Å²) in [4.78, 5) is 12.5. The summed E-state index contributed by atoms with van der Waals surface area (Å²) < 4.78 is 1.43. The number of benzene rings is 3. The number of nitrogens with one attached hydrogen (secondary N) is 1. The van der Waals surface area contributed by atoms with Crippen LogP contribution in [0, 0.1) is 6.92 Å². The summed E-state index contributed by atoms with van der Waals surface area (Å²) in [5.74, 6) is 6.84. The largest absolute Gasteiger partial charge is 0.349 e. The van der Waals surface area contributed by atoms with Crippen molar-refractivity contribution in [1.82, 2.24) is 20.2 Å². The molecule has 0 saturated heterocycles. The molecule has 0 spiro atoms. The third-order valence-corrected chi connectivity index (χ3v) is 5.90. The Bertz CT molecular complexity index is 1190. The SMILES string of the molecule is Cc1ccc(-c2nnc(SCC(=O)NC(C)c3ccc4ccccc4c3)n2N)cc1. The summed E-state index contributed by atoms with van der Waals surface area (Å²) in [5.41, 5.74) is 3.11. The zero-order chi connectivity index (χ0) is 21.1. The Morgan fingerprint density at radius 2 is 1.80 bits per heavy atom. The Morgan fingerprint density at radius 1 is 1.07 bits per heavy atom. The van der Waals surface area contributed by atoms with Gasteiger partial charge in [0, 0.05) is 5.56 Å². The molecule has 4 aromatic rings. The topological polar surface area (TPSA) is 85.8 Å². The van der Waals surface area contributed by atoms with Gasteiger partial charge in [-0.3, -0.25) is 4.79 Å². The van der Waals surface area contributed by atoms with Crippen molar-refractivity contribution in [2.75, 3.05) is 11.6 Å². The van der Waals surface area contributed by atoms with E-state index in [9.17, 15) is 4.79 Å². The van der Waals surface area contributed by atoms with E-state index in [1.165, 1.54) is 21.8 Å². The average molecular weight is 418 g/mol. The van der Waals surface area contributed by atoms with Crippen LogP contribution in [0.2, 0.25) is 0 Å². The molecule has 1 heterocycles. The highest BCUT2D eigenvalue weighted by Gasteiger charge is 2.15. The summed E-state index contributed by atoms with van der Waals surface area (Å²) in [7, 11) is 0. The zero-order valence-corrected chi connectivity index (χ0v) is 17.7. The number of aromatic nitrogens is 3. The van der Waals surface area contributed by atoms with Crippen molar-refractivity contribution in [2.45, 2.75) is 25.0 Å². The smallest absolute Gasteiger partial charge is 0.230 e. The first kappa shape index (κ1) is 20.0. The van der Waals surface area contributed by atoms with E-state index in [2.05, 4.69) is 39.8 Å². The second-order valence-corrected chi connectivity index (χ2v) is 8.17. The molecule has 0 aliphatic rings. The lowest BCUT2D eigenvalue weighted by molar-refractivity contribution is -0.119. The highest BCUT2D eigenvalue weighted by atomic mass is 32.2. The maximum atomic E-state index is 12.5. The predicted molar refractivity (Wildman–Crippen MR) is 122 cm³/mol. The van der Waals surface area contributed by atoms with Crippen molar-refractivity contribution in [3.05, 3.63) is 77.9 Å². The molecule has 7 heteroatoms. The number of nitrogen functional groups attached to an aromatic ring is 1. The number of hydrogen-bond donors (Lipinski definition) is 2. The molecular formula is C23H23N5OS. The van der Waals surface area contributed by atoms with Crippen LogP contribution in [0.15, 0.2) is 71.9 Å². The van der Waals surface area contributed by atoms with E-state index in [0.29, 0.717) is 11.0 Å². The maximum absolute atomic E-state index is 12.5. The molecule has 6 nitrogen and oxygen atoms in total. The highest BCUT2D eigenvalue weighted by Crippen LogP contribution is 2.23. The molecule has 1 atom stereocenters. The molecule has 0 radical (unpaired) electrons. The molecule has 0 aliphatic carbocycles. The quantitative estimate of drug-likeness (QED) is 0.365. The lowest BCUT2D eigenvalue weighted by atomic mass is 10.0. The summed E-state index contributed by atoms with van der Waals surface area (Å²) >= 11 is 1.27. The van der Waals surface area contributed by atoms with E-state index < -0.39 is 0 Å². The van der Waals surface area contributed by atoms with Crippen LogP contribution in [0.3, 0.4) is 0 Å². The fraction of sp³-hybridized carbons (Fsp3) is 0.174. The van der Waals surface area contributed by atoms with Crippen molar-refractivity contribution in [3.63, 3.8) is 0 Å². The molecule has 0 aliphatic heterocycles. The first-order chi connectivity index (χ1) is 14.5. The highest BCUT2D eigenvalue weighted by molar-refractivity contribution is 7.99. The molecule has 3 N–H and O–H groups in total. The lowest BCUT2D eigenvalue weighted by Gasteiger charge is -2.15. The lowest BCUT2D eigenvalue weighted by Crippen LogP contribution is -2.28. The fourth-order valence-corrected chi connectivity index (χ4v) is 3.92. The molecule has 30 heavy (non-hydrogen) atoms. The van der Waals surface area contributed by atoms with Gasteiger partial charge in [-0.1, -0.05) is 78.0 Å². The third-order valence-electron chi connectivity index (χ3n) is 4.96. The second-order valence-electron chi connectivity index (χ2n) is 7.23. The number of rotatable bonds is 6. The van der Waals surface area contributed by atoms with Crippen LogP contribution >= 0.6 is 11.8 Å². The molecule has 1 unspecified atom stereocenters. The first-order valence-electron chi connectivity index (χ1n) is 9.69. The van der Waals surface area contributed by atoms with Gasteiger partial charge in [-0.05, 0) is 36.2 Å². The van der Waals surface area contributed by atoms with Crippen molar-refractivity contribution in [3.8, 4) is 11.4 Å². The minimum atomic E-state index is -0.0958. The number of hydrogen-bond acceptors (Lipinski definition) is 5. The average Bonchev–Trinajstić information content (AvgIpc) is 3.12. The van der Waals surface area contributed by atoms with E-state index >= 15 is 0 Å². The minimum Gasteiger partial charge on any atom is -0.349 e. The number of nitrogens with two attached hydrogens (primary N) is 1. The Hall–Kier alpha value is -3.32. The molecule has 1 amide bonds. The summed E-state index contributed by atoms with van der Waals surface area (Å²) in [5, 5.41) is 14.2. The van der Waals surface area contributed by atoms with Crippen LogP contribution in [0.1, 0.15) is 24.1 Å². The van der Waals surface area contributed by atoms with E-state index in [4.69, 9.17) is 5.84 Å². The number of carbonyl (C=O) groups excluding carboxylic acids is 1. The molecule has 0 bridgehead atoms. The molecule has 1 aromatic heterocycles. The predicted octanol–water partition coefficient (Wildman–Crippen LogP) is 4.09. The van der Waals surface area contributed by atoms with E-state index in [1.807, 2.05) is 56.3 Å². The molecule has 0 saturated carbocycles. The van der Waals surface area contributed by atoms with Crippen molar-refractivity contribution in [1.29, 1.82) is 0 Å². The number of amides is 1. The number of fused-ring (bicyclic) bond motifs is 1. The monoisotopic (exact) mass is 417 g/mol. The van der Waals surface area contributed by atoms with Crippen LogP contribution in [0.5, 0.6) is 0 Å². The van der Waals surface area contributed by atoms with Crippen LogP contribution < -0.4 is 11.2 Å². The molecule has 152 valence electrons. The molecular weight excluding hydrogens is 394 g/mol. The number of nitrogens with zero attached hydrogens (tertiary/aromatic N) is 3. The first-order valence-corrected chi connectivity index (χ1v) is 10.7. The zero-order valence-electron chi connectivity index (χ0n) is 16.9. The van der Waals surface area contributed by atoms with Gasteiger partial charge >= 0.3 is 0 Å². The van der Waals surface area contributed by atoms with Gasteiger partial charge in [-0.25, -0.2) is 4.68 Å². The number of thioether (sulfide) groups is 1. The number of carbonyl (C=O) groups is 1. The summed E-state index contributed by atoms with van der Waals surface area (Å²) in [6.07, 6.45) is 0.